The summed E-state index contributed by atoms with van der Waals surface area (Å²) in [5.41, 5.74) is 1.02. The smallest absolute Gasteiger partial charge is 0.230 e. The van der Waals surface area contributed by atoms with Crippen molar-refractivity contribution in [3.8, 4) is 0 Å². The molecule has 3 rings (SSSR count). The molecule has 1 amide bonds. The van der Waals surface area contributed by atoms with E-state index in [9.17, 15) is 4.79 Å². The Morgan fingerprint density at radius 1 is 1.53 bits per heavy atom. The highest BCUT2D eigenvalue weighted by atomic mass is 32.2. The molecule has 1 heterocycles. The van der Waals surface area contributed by atoms with Crippen LogP contribution in [0.3, 0.4) is 0 Å². The van der Waals surface area contributed by atoms with Gasteiger partial charge in [0.2, 0.25) is 5.91 Å². The molecule has 5 heteroatoms. The summed E-state index contributed by atoms with van der Waals surface area (Å²) in [6, 6.07) is 8.39. The third-order valence-corrected chi connectivity index (χ3v) is 5.50. The Labute approximate surface area is 120 Å². The monoisotopic (exact) mass is 292 g/mol. The van der Waals surface area contributed by atoms with E-state index in [1.165, 1.54) is 29.3 Å². The largest absolute Gasteiger partial charge is 0.353 e. The van der Waals surface area contributed by atoms with E-state index in [0.717, 1.165) is 9.86 Å². The van der Waals surface area contributed by atoms with E-state index in [-0.39, 0.29) is 5.91 Å². The maximum Gasteiger partial charge on any atom is 0.230 e. The summed E-state index contributed by atoms with van der Waals surface area (Å²) in [5.74, 6) is 1.27. The lowest BCUT2D eigenvalue weighted by Crippen LogP contribution is -2.35. The van der Waals surface area contributed by atoms with Crippen molar-refractivity contribution in [1.29, 1.82) is 0 Å². The number of fused-ring (bicyclic) bond motifs is 1. The number of hydrogen-bond donors (Lipinski definition) is 1. The van der Waals surface area contributed by atoms with Crippen molar-refractivity contribution in [2.75, 3.05) is 5.75 Å². The van der Waals surface area contributed by atoms with Crippen LogP contribution < -0.4 is 5.32 Å². The quantitative estimate of drug-likeness (QED) is 0.860. The second kappa shape index (κ2) is 5.51. The number of carbonyl (C=O) groups is 1. The number of thiazole rings is 1. The van der Waals surface area contributed by atoms with Gasteiger partial charge in [-0.05, 0) is 37.8 Å². The summed E-state index contributed by atoms with van der Waals surface area (Å²) in [4.78, 5) is 16.3. The topological polar surface area (TPSA) is 42.0 Å². The van der Waals surface area contributed by atoms with Crippen LogP contribution in [0.15, 0.2) is 28.6 Å². The fraction of sp³-hybridized carbons (Fsp3) is 0.429. The molecule has 0 spiro atoms. The zero-order valence-electron chi connectivity index (χ0n) is 10.8. The normalized spacial score (nSPS) is 16.5. The number of carbonyl (C=O) groups excluding carboxylic acids is 1. The zero-order chi connectivity index (χ0) is 13.2. The summed E-state index contributed by atoms with van der Waals surface area (Å²) < 4.78 is 2.15. The Morgan fingerprint density at radius 2 is 2.32 bits per heavy atom. The molecule has 1 aliphatic carbocycles. The van der Waals surface area contributed by atoms with E-state index in [1.807, 2.05) is 18.2 Å². The molecular weight excluding hydrogens is 276 g/mol. The molecule has 1 aromatic heterocycles. The fourth-order valence-corrected chi connectivity index (χ4v) is 3.93. The molecule has 19 heavy (non-hydrogen) atoms. The number of amides is 1. The second-order valence-corrected chi connectivity index (χ2v) is 7.18. The number of aromatic nitrogens is 1. The molecule has 1 atom stereocenters. The van der Waals surface area contributed by atoms with Gasteiger partial charge in [-0.2, -0.15) is 0 Å². The Bertz CT molecular complexity index is 559. The Balaban J connectivity index is 1.54. The minimum atomic E-state index is 0.114. The highest BCUT2D eigenvalue weighted by Gasteiger charge is 2.28. The SMILES string of the molecule is CC(NC(=O)CSc1nc2ccccc2s1)C1CC1. The first kappa shape index (κ1) is 12.9. The highest BCUT2D eigenvalue weighted by Crippen LogP contribution is 2.32. The molecule has 1 unspecified atom stereocenters. The third-order valence-electron chi connectivity index (χ3n) is 3.32. The predicted octanol–water partition coefficient (Wildman–Crippen LogP) is 3.30. The molecule has 3 nitrogen and oxygen atoms in total. The van der Waals surface area contributed by atoms with Gasteiger partial charge in [0.05, 0.1) is 16.0 Å². The van der Waals surface area contributed by atoms with E-state index >= 15 is 0 Å². The Morgan fingerprint density at radius 3 is 3.05 bits per heavy atom. The van der Waals surface area contributed by atoms with Gasteiger partial charge in [-0.25, -0.2) is 4.98 Å². The average Bonchev–Trinajstić information content (AvgIpc) is 3.16. The molecule has 0 radical (unpaired) electrons. The van der Waals surface area contributed by atoms with Gasteiger partial charge in [0.15, 0.2) is 4.34 Å². The Hall–Kier alpha value is -1.07. The van der Waals surface area contributed by atoms with Crippen LogP contribution in [0, 0.1) is 5.92 Å². The molecular formula is C14H16N2OS2. The lowest BCUT2D eigenvalue weighted by molar-refractivity contribution is -0.119. The third kappa shape index (κ3) is 3.28. The van der Waals surface area contributed by atoms with Gasteiger partial charge in [0.25, 0.3) is 0 Å². The number of thioether (sulfide) groups is 1. The fourth-order valence-electron chi connectivity index (χ4n) is 2.05. The number of para-hydroxylation sites is 1. The summed E-state index contributed by atoms with van der Waals surface area (Å²) in [7, 11) is 0. The van der Waals surface area contributed by atoms with Crippen molar-refractivity contribution in [1.82, 2.24) is 10.3 Å². The van der Waals surface area contributed by atoms with Gasteiger partial charge in [-0.3, -0.25) is 4.79 Å². The van der Waals surface area contributed by atoms with Gasteiger partial charge in [-0.15, -0.1) is 11.3 Å². The molecule has 1 aromatic carbocycles. The van der Waals surface area contributed by atoms with Crippen LogP contribution >= 0.6 is 23.1 Å². The minimum Gasteiger partial charge on any atom is -0.353 e. The van der Waals surface area contributed by atoms with Crippen LogP contribution in [-0.4, -0.2) is 22.7 Å². The van der Waals surface area contributed by atoms with E-state index in [2.05, 4.69) is 23.3 Å². The maximum absolute atomic E-state index is 11.8. The molecule has 1 aliphatic rings. The molecule has 100 valence electrons. The van der Waals surface area contributed by atoms with Gasteiger partial charge in [0, 0.05) is 6.04 Å². The predicted molar refractivity (Wildman–Crippen MR) is 80.7 cm³/mol. The first-order valence-electron chi connectivity index (χ1n) is 6.50. The van der Waals surface area contributed by atoms with Crippen LogP contribution in [0.4, 0.5) is 0 Å². The van der Waals surface area contributed by atoms with Gasteiger partial charge < -0.3 is 5.32 Å². The van der Waals surface area contributed by atoms with E-state index in [1.54, 1.807) is 11.3 Å². The minimum absolute atomic E-state index is 0.114. The molecule has 0 aliphatic heterocycles. The van der Waals surface area contributed by atoms with Gasteiger partial charge >= 0.3 is 0 Å². The molecule has 0 saturated heterocycles. The van der Waals surface area contributed by atoms with Crippen molar-refractivity contribution in [2.24, 2.45) is 5.92 Å². The number of rotatable bonds is 5. The first-order chi connectivity index (χ1) is 9.22. The highest BCUT2D eigenvalue weighted by molar-refractivity contribution is 8.01. The molecule has 1 saturated carbocycles. The van der Waals surface area contributed by atoms with Crippen molar-refractivity contribution < 1.29 is 4.79 Å². The van der Waals surface area contributed by atoms with Crippen molar-refractivity contribution in [3.05, 3.63) is 24.3 Å². The van der Waals surface area contributed by atoms with Crippen LogP contribution in [0.25, 0.3) is 10.2 Å². The average molecular weight is 292 g/mol. The van der Waals surface area contributed by atoms with Crippen LogP contribution in [-0.2, 0) is 4.79 Å². The lowest BCUT2D eigenvalue weighted by Gasteiger charge is -2.11. The first-order valence-corrected chi connectivity index (χ1v) is 8.30. The Kier molecular flexibility index (Phi) is 3.75. The summed E-state index contributed by atoms with van der Waals surface area (Å²) >= 11 is 3.17. The number of nitrogens with zero attached hydrogens (tertiary/aromatic N) is 1. The van der Waals surface area contributed by atoms with Crippen molar-refractivity contribution in [3.63, 3.8) is 0 Å². The van der Waals surface area contributed by atoms with E-state index in [4.69, 9.17) is 0 Å². The number of hydrogen-bond acceptors (Lipinski definition) is 4. The van der Waals surface area contributed by atoms with Gasteiger partial charge in [0.1, 0.15) is 0 Å². The molecule has 2 aromatic rings. The van der Waals surface area contributed by atoms with Crippen LogP contribution in [0.1, 0.15) is 19.8 Å². The van der Waals surface area contributed by atoms with Crippen LogP contribution in [0.2, 0.25) is 0 Å². The number of nitrogens with one attached hydrogen (secondary N) is 1. The van der Waals surface area contributed by atoms with E-state index in [0.29, 0.717) is 17.7 Å². The molecule has 1 fully saturated rings. The maximum atomic E-state index is 11.8. The van der Waals surface area contributed by atoms with Crippen LogP contribution in [0.5, 0.6) is 0 Å². The molecule has 1 N–H and O–H groups in total. The zero-order valence-corrected chi connectivity index (χ0v) is 12.4. The molecule has 0 bridgehead atoms. The summed E-state index contributed by atoms with van der Waals surface area (Å²) in [6.07, 6.45) is 2.51. The van der Waals surface area contributed by atoms with Gasteiger partial charge in [-0.1, -0.05) is 23.9 Å². The summed E-state index contributed by atoms with van der Waals surface area (Å²) in [6.45, 7) is 2.10. The summed E-state index contributed by atoms with van der Waals surface area (Å²) in [5, 5.41) is 3.06. The van der Waals surface area contributed by atoms with Crippen molar-refractivity contribution in [2.45, 2.75) is 30.1 Å². The standard InChI is InChI=1S/C14H16N2OS2/c1-9(10-6-7-10)15-13(17)8-18-14-16-11-4-2-3-5-12(11)19-14/h2-5,9-10H,6-8H2,1H3,(H,15,17). The second-order valence-electron chi connectivity index (χ2n) is 4.93. The lowest BCUT2D eigenvalue weighted by atomic mass is 10.2. The van der Waals surface area contributed by atoms with E-state index < -0.39 is 0 Å². The number of benzene rings is 1. The van der Waals surface area contributed by atoms with Crippen molar-refractivity contribution >= 4 is 39.2 Å².